The maximum atomic E-state index is 5.55. The molecule has 0 saturated carbocycles. The lowest BCUT2D eigenvalue weighted by molar-refractivity contribution is -0.909. The zero-order valence-corrected chi connectivity index (χ0v) is 16.4. The van der Waals surface area contributed by atoms with Gasteiger partial charge in [-0.3, -0.25) is 0 Å². The van der Waals surface area contributed by atoms with E-state index >= 15 is 0 Å². The van der Waals surface area contributed by atoms with Crippen LogP contribution < -0.4 is 15.5 Å². The molecule has 6 heteroatoms. The minimum Gasteiger partial charge on any atom is -0.370 e. The molecule has 0 unspecified atom stereocenters. The predicted molar refractivity (Wildman–Crippen MR) is 109 cm³/mol. The first-order valence-electron chi connectivity index (χ1n) is 8.50. The molecule has 1 aliphatic heterocycles. The normalized spacial score (nSPS) is 16.2. The van der Waals surface area contributed by atoms with Crippen LogP contribution in [0.3, 0.4) is 0 Å². The van der Waals surface area contributed by atoms with Gasteiger partial charge in [0, 0.05) is 10.2 Å². The number of thiocarbonyl (C=S) groups is 1. The van der Waals surface area contributed by atoms with Gasteiger partial charge < -0.3 is 20.3 Å². The molecule has 2 aromatic rings. The van der Waals surface area contributed by atoms with Gasteiger partial charge in [0.2, 0.25) is 0 Å². The topological polar surface area (TPSA) is 37.7 Å². The molecule has 1 aliphatic rings. The summed E-state index contributed by atoms with van der Waals surface area (Å²) >= 11 is 9.04. The summed E-state index contributed by atoms with van der Waals surface area (Å²) in [6, 6.07) is 18.7. The first kappa shape index (κ1) is 18.3. The summed E-state index contributed by atoms with van der Waals surface area (Å²) in [5, 5.41) is 7.41. The molecule has 0 spiro atoms. The van der Waals surface area contributed by atoms with Gasteiger partial charge in [0.25, 0.3) is 0 Å². The van der Waals surface area contributed by atoms with Crippen LogP contribution in [0.1, 0.15) is 11.6 Å². The molecule has 0 bridgehead atoms. The van der Waals surface area contributed by atoms with Crippen molar-refractivity contribution in [1.29, 1.82) is 0 Å². The summed E-state index contributed by atoms with van der Waals surface area (Å²) in [4.78, 5) is 1.54. The van der Waals surface area contributed by atoms with Gasteiger partial charge in [-0.2, -0.15) is 0 Å². The number of rotatable bonds is 5. The predicted octanol–water partition coefficient (Wildman–Crippen LogP) is 2.39. The highest BCUT2D eigenvalue weighted by Crippen LogP contribution is 2.16. The van der Waals surface area contributed by atoms with Crippen molar-refractivity contribution in [3.05, 3.63) is 64.6 Å². The van der Waals surface area contributed by atoms with Crippen molar-refractivity contribution >= 4 is 38.9 Å². The lowest BCUT2D eigenvalue weighted by Crippen LogP contribution is -3.14. The SMILES string of the molecule is S=C(Nc1cccc(Br)c1)N[C@H](C[NH+]1CCOCC1)c1ccccc1. The van der Waals surface area contributed by atoms with Crippen LogP contribution in [0.4, 0.5) is 5.69 Å². The number of ether oxygens (including phenoxy) is 1. The van der Waals surface area contributed by atoms with Crippen LogP contribution in [0, 0.1) is 0 Å². The fraction of sp³-hybridized carbons (Fsp3) is 0.316. The molecule has 3 N–H and O–H groups in total. The maximum absolute atomic E-state index is 5.55. The van der Waals surface area contributed by atoms with Crippen LogP contribution in [0.25, 0.3) is 0 Å². The molecule has 25 heavy (non-hydrogen) atoms. The first-order valence-corrected chi connectivity index (χ1v) is 9.70. The van der Waals surface area contributed by atoms with Crippen LogP contribution in [-0.2, 0) is 4.74 Å². The van der Waals surface area contributed by atoms with E-state index < -0.39 is 0 Å². The summed E-state index contributed by atoms with van der Waals surface area (Å²) in [7, 11) is 0. The van der Waals surface area contributed by atoms with Gasteiger partial charge in [-0.1, -0.05) is 52.3 Å². The molecule has 1 atom stereocenters. The Kier molecular flexibility index (Phi) is 6.81. The van der Waals surface area contributed by atoms with E-state index in [1.165, 1.54) is 10.5 Å². The average Bonchev–Trinajstić information content (AvgIpc) is 2.63. The Labute approximate surface area is 162 Å². The highest BCUT2D eigenvalue weighted by molar-refractivity contribution is 9.10. The number of hydrogen-bond donors (Lipinski definition) is 3. The fourth-order valence-electron chi connectivity index (χ4n) is 2.98. The Morgan fingerprint density at radius 2 is 1.88 bits per heavy atom. The van der Waals surface area contributed by atoms with Crippen molar-refractivity contribution in [1.82, 2.24) is 5.32 Å². The van der Waals surface area contributed by atoms with E-state index in [-0.39, 0.29) is 6.04 Å². The minimum atomic E-state index is 0.168. The van der Waals surface area contributed by atoms with Crippen LogP contribution in [0.2, 0.25) is 0 Å². The van der Waals surface area contributed by atoms with Gasteiger partial charge in [0.05, 0.1) is 13.2 Å². The van der Waals surface area contributed by atoms with Crippen molar-refractivity contribution in [3.8, 4) is 0 Å². The highest BCUT2D eigenvalue weighted by atomic mass is 79.9. The Morgan fingerprint density at radius 1 is 1.12 bits per heavy atom. The Morgan fingerprint density at radius 3 is 2.60 bits per heavy atom. The number of nitrogens with one attached hydrogen (secondary N) is 3. The van der Waals surface area contributed by atoms with Gasteiger partial charge in [0.1, 0.15) is 25.7 Å². The van der Waals surface area contributed by atoms with Crippen molar-refractivity contribution < 1.29 is 9.64 Å². The molecule has 1 fully saturated rings. The number of hydrogen-bond acceptors (Lipinski definition) is 2. The van der Waals surface area contributed by atoms with E-state index in [9.17, 15) is 0 Å². The second-order valence-electron chi connectivity index (χ2n) is 6.14. The molecule has 2 aromatic carbocycles. The van der Waals surface area contributed by atoms with Crippen LogP contribution in [0.5, 0.6) is 0 Å². The summed E-state index contributed by atoms with van der Waals surface area (Å²) in [6.07, 6.45) is 0. The molecule has 1 heterocycles. The Balaban J connectivity index is 1.67. The highest BCUT2D eigenvalue weighted by Gasteiger charge is 2.22. The number of benzene rings is 2. The Bertz CT molecular complexity index is 692. The molecule has 3 rings (SSSR count). The quantitative estimate of drug-likeness (QED) is 0.649. The molecule has 4 nitrogen and oxygen atoms in total. The van der Waals surface area contributed by atoms with E-state index in [2.05, 4.69) is 50.8 Å². The summed E-state index contributed by atoms with van der Waals surface area (Å²) in [5.74, 6) is 0. The third kappa shape index (κ3) is 5.78. The van der Waals surface area contributed by atoms with E-state index in [4.69, 9.17) is 17.0 Å². The number of halogens is 1. The number of anilines is 1. The third-order valence-electron chi connectivity index (χ3n) is 4.28. The van der Waals surface area contributed by atoms with Crippen molar-refractivity contribution in [2.24, 2.45) is 0 Å². The van der Waals surface area contributed by atoms with Gasteiger partial charge in [-0.25, -0.2) is 0 Å². The van der Waals surface area contributed by atoms with Crippen LogP contribution in [-0.4, -0.2) is 38.0 Å². The van der Waals surface area contributed by atoms with E-state index in [0.717, 1.165) is 43.0 Å². The summed E-state index contributed by atoms with van der Waals surface area (Å²) < 4.78 is 6.50. The largest absolute Gasteiger partial charge is 0.370 e. The lowest BCUT2D eigenvalue weighted by atomic mass is 10.1. The third-order valence-corrected chi connectivity index (χ3v) is 5.00. The van der Waals surface area contributed by atoms with Gasteiger partial charge >= 0.3 is 0 Å². The number of morpholine rings is 1. The molecule has 1 saturated heterocycles. The van der Waals surface area contributed by atoms with Crippen molar-refractivity contribution in [3.63, 3.8) is 0 Å². The maximum Gasteiger partial charge on any atom is 0.171 e. The average molecular weight is 421 g/mol. The van der Waals surface area contributed by atoms with Gasteiger partial charge in [-0.15, -0.1) is 0 Å². The van der Waals surface area contributed by atoms with Crippen LogP contribution in [0.15, 0.2) is 59.1 Å². The number of quaternary nitrogens is 1. The van der Waals surface area contributed by atoms with E-state index in [1.807, 2.05) is 30.3 Å². The monoisotopic (exact) mass is 420 g/mol. The van der Waals surface area contributed by atoms with Crippen LogP contribution >= 0.6 is 28.1 Å². The van der Waals surface area contributed by atoms with Crippen molar-refractivity contribution in [2.45, 2.75) is 6.04 Å². The molecule has 132 valence electrons. The van der Waals surface area contributed by atoms with Gasteiger partial charge in [-0.05, 0) is 36.0 Å². The molecular weight excluding hydrogens is 398 g/mol. The smallest absolute Gasteiger partial charge is 0.171 e. The minimum absolute atomic E-state index is 0.168. The summed E-state index contributed by atoms with van der Waals surface area (Å²) in [6.45, 7) is 4.72. The lowest BCUT2D eigenvalue weighted by Gasteiger charge is -2.29. The molecular formula is C19H23BrN3OS+. The second kappa shape index (κ2) is 9.29. The second-order valence-corrected chi connectivity index (χ2v) is 7.46. The molecule has 0 aromatic heterocycles. The van der Waals surface area contributed by atoms with Crippen molar-refractivity contribution in [2.75, 3.05) is 38.2 Å². The Hall–Kier alpha value is -1.47. The zero-order valence-electron chi connectivity index (χ0n) is 14.0. The summed E-state index contributed by atoms with van der Waals surface area (Å²) in [5.41, 5.74) is 2.22. The molecule has 0 aliphatic carbocycles. The zero-order chi connectivity index (χ0) is 17.5. The first-order chi connectivity index (χ1) is 12.2. The molecule has 0 radical (unpaired) electrons. The van der Waals surface area contributed by atoms with E-state index in [1.54, 1.807) is 0 Å². The van der Waals surface area contributed by atoms with Gasteiger partial charge in [0.15, 0.2) is 5.11 Å². The molecule has 0 amide bonds. The van der Waals surface area contributed by atoms with E-state index in [0.29, 0.717) is 5.11 Å². The standard InChI is InChI=1S/C19H22BrN3OS/c20-16-7-4-8-17(13-16)21-19(25)22-18(15-5-2-1-3-6-15)14-23-9-11-24-12-10-23/h1-8,13,18H,9-12,14H2,(H2,21,22,25)/p+1/t18-/m1/s1. The fourth-order valence-corrected chi connectivity index (χ4v) is 3.64.